The highest BCUT2D eigenvalue weighted by molar-refractivity contribution is 5.53. The van der Waals surface area contributed by atoms with E-state index in [4.69, 9.17) is 4.52 Å². The minimum Gasteiger partial charge on any atom is -0.334 e. The van der Waals surface area contributed by atoms with E-state index in [1.807, 2.05) is 44.4 Å². The third-order valence-electron chi connectivity index (χ3n) is 2.98. The van der Waals surface area contributed by atoms with Gasteiger partial charge in [0.1, 0.15) is 6.54 Å². The van der Waals surface area contributed by atoms with Crippen molar-refractivity contribution in [2.24, 2.45) is 0 Å². The third-order valence-corrected chi connectivity index (χ3v) is 2.98. The van der Waals surface area contributed by atoms with Crippen LogP contribution >= 0.6 is 0 Å². The van der Waals surface area contributed by atoms with Gasteiger partial charge in [-0.1, -0.05) is 28.1 Å². The first-order chi connectivity index (χ1) is 10.2. The maximum Gasteiger partial charge on any atom is 0.257 e. The SMILES string of the molecule is CNCc1cn(Cc2noc(-c3cccc(C)c3)n2)nn1. The molecule has 0 aliphatic carbocycles. The van der Waals surface area contributed by atoms with Crippen molar-refractivity contribution in [3.8, 4) is 11.5 Å². The van der Waals surface area contributed by atoms with Crippen LogP contribution in [0.1, 0.15) is 17.1 Å². The van der Waals surface area contributed by atoms with E-state index in [0.29, 0.717) is 24.8 Å². The molecule has 0 bridgehead atoms. The first-order valence-electron chi connectivity index (χ1n) is 6.68. The molecule has 0 spiro atoms. The summed E-state index contributed by atoms with van der Waals surface area (Å²) in [5.74, 6) is 1.09. The number of aryl methyl sites for hydroxylation is 1. The summed E-state index contributed by atoms with van der Waals surface area (Å²) >= 11 is 0. The van der Waals surface area contributed by atoms with E-state index in [1.165, 1.54) is 0 Å². The normalized spacial score (nSPS) is 11.0. The fourth-order valence-corrected chi connectivity index (χ4v) is 2.04. The fraction of sp³-hybridized carbons (Fsp3) is 0.286. The van der Waals surface area contributed by atoms with Crippen LogP contribution in [-0.2, 0) is 13.1 Å². The molecule has 0 unspecified atom stereocenters. The number of nitrogens with zero attached hydrogens (tertiary/aromatic N) is 5. The van der Waals surface area contributed by atoms with Crippen LogP contribution < -0.4 is 5.32 Å². The largest absolute Gasteiger partial charge is 0.334 e. The highest BCUT2D eigenvalue weighted by Gasteiger charge is 2.10. The van der Waals surface area contributed by atoms with Crippen molar-refractivity contribution >= 4 is 0 Å². The van der Waals surface area contributed by atoms with E-state index in [2.05, 4.69) is 25.8 Å². The van der Waals surface area contributed by atoms with Crippen LogP contribution in [0.25, 0.3) is 11.5 Å². The van der Waals surface area contributed by atoms with Gasteiger partial charge in [0.15, 0.2) is 5.82 Å². The second-order valence-electron chi connectivity index (χ2n) is 4.82. The Morgan fingerprint density at radius 2 is 2.24 bits per heavy atom. The Hall–Kier alpha value is -2.54. The van der Waals surface area contributed by atoms with E-state index in [9.17, 15) is 0 Å². The molecule has 0 amide bonds. The van der Waals surface area contributed by atoms with Gasteiger partial charge < -0.3 is 9.84 Å². The number of hydrogen-bond donors (Lipinski definition) is 1. The molecule has 0 saturated heterocycles. The first kappa shape index (κ1) is 13.4. The van der Waals surface area contributed by atoms with Crippen LogP contribution in [0.4, 0.5) is 0 Å². The molecular weight excluding hydrogens is 268 g/mol. The predicted octanol–water partition coefficient (Wildman–Crippen LogP) is 1.40. The number of hydrogen-bond acceptors (Lipinski definition) is 6. The second kappa shape index (κ2) is 5.84. The van der Waals surface area contributed by atoms with Crippen LogP contribution in [0.5, 0.6) is 0 Å². The highest BCUT2D eigenvalue weighted by atomic mass is 16.5. The molecule has 108 valence electrons. The van der Waals surface area contributed by atoms with E-state index in [-0.39, 0.29) is 0 Å². The van der Waals surface area contributed by atoms with Crippen LogP contribution in [-0.4, -0.2) is 32.2 Å². The van der Waals surface area contributed by atoms with Gasteiger partial charge >= 0.3 is 0 Å². The Kier molecular flexibility index (Phi) is 3.74. The Balaban J connectivity index is 1.75. The minimum absolute atomic E-state index is 0.437. The Labute approximate surface area is 122 Å². The van der Waals surface area contributed by atoms with Crippen molar-refractivity contribution in [2.75, 3.05) is 7.05 Å². The van der Waals surface area contributed by atoms with Gasteiger partial charge in [-0.25, -0.2) is 4.68 Å². The summed E-state index contributed by atoms with van der Waals surface area (Å²) in [5, 5.41) is 15.1. The quantitative estimate of drug-likeness (QED) is 0.762. The topological polar surface area (TPSA) is 81.7 Å². The van der Waals surface area contributed by atoms with E-state index in [1.54, 1.807) is 4.68 Å². The fourth-order valence-electron chi connectivity index (χ4n) is 2.04. The second-order valence-corrected chi connectivity index (χ2v) is 4.82. The number of rotatable bonds is 5. The molecule has 0 fully saturated rings. The van der Waals surface area contributed by atoms with Crippen LogP contribution in [0, 0.1) is 6.92 Å². The molecule has 2 heterocycles. The van der Waals surface area contributed by atoms with Gasteiger partial charge in [-0.2, -0.15) is 4.98 Å². The first-order valence-corrected chi connectivity index (χ1v) is 6.68. The van der Waals surface area contributed by atoms with Crippen LogP contribution in [0.2, 0.25) is 0 Å². The molecule has 7 nitrogen and oxygen atoms in total. The molecule has 0 atom stereocenters. The summed E-state index contributed by atoms with van der Waals surface area (Å²) in [6.07, 6.45) is 1.86. The van der Waals surface area contributed by atoms with Gasteiger partial charge in [0, 0.05) is 12.1 Å². The lowest BCUT2D eigenvalue weighted by molar-refractivity contribution is 0.418. The Bertz CT molecular complexity index is 732. The lowest BCUT2D eigenvalue weighted by Gasteiger charge is -1.95. The Morgan fingerprint density at radius 1 is 1.33 bits per heavy atom. The van der Waals surface area contributed by atoms with Gasteiger partial charge in [-0.15, -0.1) is 5.10 Å². The van der Waals surface area contributed by atoms with Crippen molar-refractivity contribution < 1.29 is 4.52 Å². The lowest BCUT2D eigenvalue weighted by Crippen LogP contribution is -2.05. The van der Waals surface area contributed by atoms with Crippen molar-refractivity contribution in [1.82, 2.24) is 30.5 Å². The maximum absolute atomic E-state index is 5.30. The van der Waals surface area contributed by atoms with Crippen molar-refractivity contribution in [2.45, 2.75) is 20.0 Å². The maximum atomic E-state index is 5.30. The van der Waals surface area contributed by atoms with Crippen molar-refractivity contribution in [3.63, 3.8) is 0 Å². The molecule has 21 heavy (non-hydrogen) atoms. The summed E-state index contributed by atoms with van der Waals surface area (Å²) in [7, 11) is 1.87. The van der Waals surface area contributed by atoms with Gasteiger partial charge in [0.2, 0.25) is 0 Å². The molecule has 0 saturated carbocycles. The molecule has 3 aromatic rings. The van der Waals surface area contributed by atoms with Crippen LogP contribution in [0.15, 0.2) is 35.0 Å². The van der Waals surface area contributed by atoms with Crippen molar-refractivity contribution in [1.29, 1.82) is 0 Å². The zero-order chi connectivity index (χ0) is 14.7. The average molecular weight is 284 g/mol. The number of benzene rings is 1. The standard InChI is InChI=1S/C14H16N6O/c1-10-4-3-5-11(6-10)14-16-13(18-21-14)9-20-8-12(7-15-2)17-19-20/h3-6,8,15H,7,9H2,1-2H3. The van der Waals surface area contributed by atoms with Crippen LogP contribution in [0.3, 0.4) is 0 Å². The highest BCUT2D eigenvalue weighted by Crippen LogP contribution is 2.18. The summed E-state index contributed by atoms with van der Waals surface area (Å²) < 4.78 is 6.99. The summed E-state index contributed by atoms with van der Waals surface area (Å²) in [4.78, 5) is 4.39. The van der Waals surface area contributed by atoms with E-state index < -0.39 is 0 Å². The lowest BCUT2D eigenvalue weighted by atomic mass is 10.1. The van der Waals surface area contributed by atoms with Gasteiger partial charge in [-0.05, 0) is 26.1 Å². The molecule has 0 aliphatic rings. The minimum atomic E-state index is 0.437. The summed E-state index contributed by atoms with van der Waals surface area (Å²) in [6.45, 7) is 3.15. The summed E-state index contributed by atoms with van der Waals surface area (Å²) in [5.41, 5.74) is 2.95. The van der Waals surface area contributed by atoms with E-state index in [0.717, 1.165) is 16.8 Å². The smallest absolute Gasteiger partial charge is 0.257 e. The third kappa shape index (κ3) is 3.14. The molecule has 7 heteroatoms. The predicted molar refractivity (Wildman–Crippen MR) is 76.4 cm³/mol. The molecule has 2 aromatic heterocycles. The average Bonchev–Trinajstić information content (AvgIpc) is 3.10. The monoisotopic (exact) mass is 284 g/mol. The molecule has 1 N–H and O–H groups in total. The van der Waals surface area contributed by atoms with Gasteiger partial charge in [-0.3, -0.25) is 0 Å². The zero-order valence-corrected chi connectivity index (χ0v) is 11.9. The summed E-state index contributed by atoms with van der Waals surface area (Å²) in [6, 6.07) is 7.96. The molecule has 3 rings (SSSR count). The zero-order valence-electron chi connectivity index (χ0n) is 11.9. The number of aromatic nitrogens is 5. The van der Waals surface area contributed by atoms with Gasteiger partial charge in [0.05, 0.1) is 11.9 Å². The Morgan fingerprint density at radius 3 is 3.05 bits per heavy atom. The molecule has 1 aromatic carbocycles. The molecule has 0 aliphatic heterocycles. The molecular formula is C14H16N6O. The number of nitrogens with one attached hydrogen (secondary N) is 1. The van der Waals surface area contributed by atoms with Gasteiger partial charge in [0.25, 0.3) is 5.89 Å². The molecule has 0 radical (unpaired) electrons. The van der Waals surface area contributed by atoms with E-state index >= 15 is 0 Å². The van der Waals surface area contributed by atoms with Crippen molar-refractivity contribution in [3.05, 3.63) is 47.5 Å².